The fraction of sp³-hybridized carbons (Fsp3) is 0.786. The molecule has 2 rings (SSSR count). The van der Waals surface area contributed by atoms with Crippen LogP contribution >= 0.6 is 11.3 Å². The zero-order valence-electron chi connectivity index (χ0n) is 11.1. The van der Waals surface area contributed by atoms with E-state index < -0.39 is 0 Å². The first-order valence-electron chi connectivity index (χ1n) is 7.04. The first kappa shape index (κ1) is 13.0. The Morgan fingerprint density at radius 2 is 2.12 bits per heavy atom. The number of hydrogen-bond acceptors (Lipinski definition) is 3. The van der Waals surface area contributed by atoms with Crippen molar-refractivity contribution >= 4 is 11.3 Å². The van der Waals surface area contributed by atoms with Crippen molar-refractivity contribution in [1.29, 1.82) is 0 Å². The summed E-state index contributed by atoms with van der Waals surface area (Å²) >= 11 is 1.94. The highest BCUT2D eigenvalue weighted by Gasteiger charge is 2.29. The average molecular weight is 252 g/mol. The summed E-state index contributed by atoms with van der Waals surface area (Å²) in [6.07, 6.45) is 7.64. The molecule has 0 atom stereocenters. The molecule has 3 heteroatoms. The zero-order chi connectivity index (χ0) is 12.1. The maximum absolute atomic E-state index is 4.87. The number of aromatic nitrogens is 1. The molecular formula is C14H24N2S. The van der Waals surface area contributed by atoms with Gasteiger partial charge in [-0.1, -0.05) is 20.3 Å². The predicted octanol–water partition coefficient (Wildman–Crippen LogP) is 3.86. The van der Waals surface area contributed by atoms with Gasteiger partial charge >= 0.3 is 0 Å². The van der Waals surface area contributed by atoms with Gasteiger partial charge in [0.15, 0.2) is 0 Å². The molecule has 1 fully saturated rings. The first-order valence-corrected chi connectivity index (χ1v) is 7.86. The van der Waals surface area contributed by atoms with Gasteiger partial charge < -0.3 is 5.32 Å². The Morgan fingerprint density at radius 3 is 2.76 bits per heavy atom. The van der Waals surface area contributed by atoms with Crippen LogP contribution in [0.4, 0.5) is 0 Å². The molecule has 1 aromatic rings. The molecule has 17 heavy (non-hydrogen) atoms. The third kappa shape index (κ3) is 3.78. The smallest absolute Gasteiger partial charge is 0.0931 e. The molecule has 0 spiro atoms. The molecule has 96 valence electrons. The van der Waals surface area contributed by atoms with E-state index in [9.17, 15) is 0 Å². The maximum atomic E-state index is 4.87. The number of unbranched alkanes of at least 4 members (excludes halogenated alkanes) is 1. The van der Waals surface area contributed by atoms with Crippen LogP contribution in [0.3, 0.4) is 0 Å². The summed E-state index contributed by atoms with van der Waals surface area (Å²) in [7, 11) is 0. The largest absolute Gasteiger partial charge is 0.312 e. The Labute approximate surface area is 109 Å². The zero-order valence-corrected chi connectivity index (χ0v) is 11.9. The normalized spacial score (nSPS) is 15.4. The summed E-state index contributed by atoms with van der Waals surface area (Å²) in [6, 6.07) is 0. The van der Waals surface area contributed by atoms with Crippen LogP contribution < -0.4 is 5.32 Å². The Hall–Kier alpha value is -0.410. The number of rotatable bonds is 8. The third-order valence-corrected chi connectivity index (χ3v) is 4.32. The third-order valence-electron chi connectivity index (χ3n) is 3.19. The number of hydrogen-bond donors (Lipinski definition) is 1. The second kappa shape index (κ2) is 6.50. The second-order valence-electron chi connectivity index (χ2n) is 4.97. The Bertz CT molecular complexity index is 342. The number of thiazole rings is 1. The van der Waals surface area contributed by atoms with Gasteiger partial charge in [0.05, 0.1) is 10.7 Å². The number of nitrogens with zero attached hydrogens (tertiary/aromatic N) is 1. The van der Waals surface area contributed by atoms with Gasteiger partial charge in [0.2, 0.25) is 0 Å². The van der Waals surface area contributed by atoms with E-state index in [1.54, 1.807) is 0 Å². The van der Waals surface area contributed by atoms with Crippen molar-refractivity contribution in [3.63, 3.8) is 0 Å². The van der Waals surface area contributed by atoms with Gasteiger partial charge in [-0.25, -0.2) is 4.98 Å². The van der Waals surface area contributed by atoms with Gasteiger partial charge in [-0.15, -0.1) is 11.3 Å². The van der Waals surface area contributed by atoms with Crippen LogP contribution in [-0.4, -0.2) is 11.5 Å². The molecular weight excluding hydrogens is 228 g/mol. The highest BCUT2D eigenvalue weighted by molar-refractivity contribution is 7.11. The lowest BCUT2D eigenvalue weighted by molar-refractivity contribution is 0.676. The van der Waals surface area contributed by atoms with Gasteiger partial charge in [0.1, 0.15) is 0 Å². The summed E-state index contributed by atoms with van der Waals surface area (Å²) in [5.74, 6) is 0.792. The Balaban J connectivity index is 1.97. The molecule has 0 aliphatic heterocycles. The van der Waals surface area contributed by atoms with Crippen LogP contribution in [0.25, 0.3) is 0 Å². The lowest BCUT2D eigenvalue weighted by Crippen LogP contribution is -2.13. The van der Waals surface area contributed by atoms with E-state index in [2.05, 4.69) is 19.2 Å². The standard InChI is InChI=1S/C14H24N2S/c1-3-5-6-13-16-14(11-7-8-11)12(17-13)10-15-9-4-2/h11,15H,3-10H2,1-2H3. The first-order chi connectivity index (χ1) is 8.35. The topological polar surface area (TPSA) is 24.9 Å². The van der Waals surface area contributed by atoms with Crippen molar-refractivity contribution < 1.29 is 0 Å². The summed E-state index contributed by atoms with van der Waals surface area (Å²) in [6.45, 7) is 6.61. The fourth-order valence-electron chi connectivity index (χ4n) is 2.03. The van der Waals surface area contributed by atoms with Gasteiger partial charge in [-0.3, -0.25) is 0 Å². The van der Waals surface area contributed by atoms with Crippen molar-refractivity contribution in [1.82, 2.24) is 10.3 Å². The molecule has 0 bridgehead atoms. The lowest BCUT2D eigenvalue weighted by atomic mass is 10.2. The van der Waals surface area contributed by atoms with Gasteiger partial charge in [-0.2, -0.15) is 0 Å². The van der Waals surface area contributed by atoms with E-state index in [1.807, 2.05) is 11.3 Å². The average Bonchev–Trinajstić information content (AvgIpc) is 3.10. The van der Waals surface area contributed by atoms with E-state index in [-0.39, 0.29) is 0 Å². The Morgan fingerprint density at radius 1 is 1.29 bits per heavy atom. The molecule has 0 aromatic carbocycles. The highest BCUT2D eigenvalue weighted by atomic mass is 32.1. The van der Waals surface area contributed by atoms with Crippen molar-refractivity contribution in [2.45, 2.75) is 64.8 Å². The SMILES string of the molecule is CCCCc1nc(C2CC2)c(CNCCC)s1. The minimum Gasteiger partial charge on any atom is -0.312 e. The van der Waals surface area contributed by atoms with Crippen molar-refractivity contribution in [2.75, 3.05) is 6.54 Å². The number of aryl methyl sites for hydroxylation is 1. The molecule has 1 N–H and O–H groups in total. The quantitative estimate of drug-likeness (QED) is 0.711. The summed E-state index contributed by atoms with van der Waals surface area (Å²) < 4.78 is 0. The Kier molecular flexibility index (Phi) is 4.99. The van der Waals surface area contributed by atoms with E-state index >= 15 is 0 Å². The van der Waals surface area contributed by atoms with Gasteiger partial charge in [0.25, 0.3) is 0 Å². The monoisotopic (exact) mass is 252 g/mol. The molecule has 2 nitrogen and oxygen atoms in total. The molecule has 1 aromatic heterocycles. The van der Waals surface area contributed by atoms with Crippen LogP contribution in [-0.2, 0) is 13.0 Å². The van der Waals surface area contributed by atoms with Crippen molar-refractivity contribution in [3.8, 4) is 0 Å². The van der Waals surface area contributed by atoms with Crippen LogP contribution in [0.15, 0.2) is 0 Å². The minimum absolute atomic E-state index is 0.792. The predicted molar refractivity (Wildman–Crippen MR) is 74.7 cm³/mol. The molecule has 1 saturated carbocycles. The maximum Gasteiger partial charge on any atom is 0.0931 e. The van der Waals surface area contributed by atoms with Crippen molar-refractivity contribution in [2.24, 2.45) is 0 Å². The lowest BCUT2D eigenvalue weighted by Gasteiger charge is -2.01. The molecule has 0 radical (unpaired) electrons. The van der Waals surface area contributed by atoms with E-state index in [4.69, 9.17) is 4.98 Å². The summed E-state index contributed by atoms with van der Waals surface area (Å²) in [5, 5.41) is 4.88. The van der Waals surface area contributed by atoms with Gasteiger partial charge in [-0.05, 0) is 38.6 Å². The molecule has 1 heterocycles. The molecule has 1 aliphatic rings. The van der Waals surface area contributed by atoms with E-state index in [1.165, 1.54) is 54.1 Å². The van der Waals surface area contributed by atoms with Crippen molar-refractivity contribution in [3.05, 3.63) is 15.6 Å². The van der Waals surface area contributed by atoms with Crippen LogP contribution in [0.1, 0.15) is 67.4 Å². The molecule has 0 saturated heterocycles. The van der Waals surface area contributed by atoms with Crippen LogP contribution in [0, 0.1) is 0 Å². The number of nitrogens with one attached hydrogen (secondary N) is 1. The molecule has 0 amide bonds. The summed E-state index contributed by atoms with van der Waals surface area (Å²) in [5.41, 5.74) is 1.42. The van der Waals surface area contributed by atoms with E-state index in [0.29, 0.717) is 0 Å². The fourth-order valence-corrected chi connectivity index (χ4v) is 3.20. The summed E-state index contributed by atoms with van der Waals surface area (Å²) in [4.78, 5) is 6.37. The van der Waals surface area contributed by atoms with Crippen LogP contribution in [0.2, 0.25) is 0 Å². The second-order valence-corrected chi connectivity index (χ2v) is 6.14. The molecule has 1 aliphatic carbocycles. The minimum atomic E-state index is 0.792. The van der Waals surface area contributed by atoms with E-state index in [0.717, 1.165) is 19.0 Å². The van der Waals surface area contributed by atoms with Crippen LogP contribution in [0.5, 0.6) is 0 Å². The molecule has 0 unspecified atom stereocenters. The van der Waals surface area contributed by atoms with Gasteiger partial charge in [0, 0.05) is 17.3 Å². The highest BCUT2D eigenvalue weighted by Crippen LogP contribution is 2.42.